The number of carbonyl (C=O) groups is 1. The highest BCUT2D eigenvalue weighted by atomic mass is 16.5. The maximum Gasteiger partial charge on any atom is 0.311 e. The monoisotopic (exact) mass is 511 g/mol. The van der Waals surface area contributed by atoms with Crippen molar-refractivity contribution in [2.45, 2.75) is 84.6 Å². The lowest BCUT2D eigenvalue weighted by molar-refractivity contribution is -0.134. The Kier molecular flexibility index (Phi) is 10.4. The molecule has 2 aromatic carbocycles. The summed E-state index contributed by atoms with van der Waals surface area (Å²) in [5, 5.41) is 3.59. The van der Waals surface area contributed by atoms with Crippen molar-refractivity contribution in [3.63, 3.8) is 0 Å². The second-order valence-corrected chi connectivity index (χ2v) is 10.1. The number of esters is 1. The number of fused-ring (bicyclic) bond motifs is 1. The van der Waals surface area contributed by atoms with Crippen molar-refractivity contribution < 1.29 is 9.53 Å². The molecule has 0 atom stereocenters. The summed E-state index contributed by atoms with van der Waals surface area (Å²) in [5.74, 6) is 1.32. The number of rotatable bonds is 15. The number of hydrogen-bond acceptors (Lipinski definition) is 4. The van der Waals surface area contributed by atoms with Crippen molar-refractivity contribution in [2.24, 2.45) is 0 Å². The van der Waals surface area contributed by atoms with Gasteiger partial charge in [-0.3, -0.25) is 9.20 Å². The quantitative estimate of drug-likeness (QED) is 0.0984. The van der Waals surface area contributed by atoms with Crippen molar-refractivity contribution in [3.05, 3.63) is 84.1 Å². The highest BCUT2D eigenvalue weighted by Crippen LogP contribution is 2.32. The number of aromatic nitrogens is 2. The fourth-order valence-corrected chi connectivity index (χ4v) is 4.83. The Morgan fingerprint density at radius 3 is 2.37 bits per heavy atom. The molecule has 0 unspecified atom stereocenters. The van der Waals surface area contributed by atoms with Crippen molar-refractivity contribution in [1.82, 2.24) is 9.38 Å². The molecule has 0 amide bonds. The molecule has 0 aliphatic heterocycles. The molecule has 0 spiro atoms. The molecule has 5 nitrogen and oxygen atoms in total. The van der Waals surface area contributed by atoms with E-state index in [0.29, 0.717) is 18.7 Å². The van der Waals surface area contributed by atoms with Crippen LogP contribution in [0.4, 0.5) is 5.82 Å². The smallest absolute Gasteiger partial charge is 0.311 e. The summed E-state index contributed by atoms with van der Waals surface area (Å²) < 4.78 is 7.81. The molecule has 0 bridgehead atoms. The van der Waals surface area contributed by atoms with E-state index in [0.717, 1.165) is 41.1 Å². The zero-order chi connectivity index (χ0) is 26.6. The van der Waals surface area contributed by atoms with Crippen LogP contribution >= 0.6 is 0 Å². The molecule has 2 heterocycles. The Morgan fingerprint density at radius 1 is 0.868 bits per heavy atom. The van der Waals surface area contributed by atoms with Crippen molar-refractivity contribution in [1.29, 1.82) is 0 Å². The van der Waals surface area contributed by atoms with Crippen molar-refractivity contribution in [2.75, 3.05) is 5.32 Å². The summed E-state index contributed by atoms with van der Waals surface area (Å²) >= 11 is 0. The van der Waals surface area contributed by atoms with E-state index in [4.69, 9.17) is 9.72 Å². The van der Waals surface area contributed by atoms with Gasteiger partial charge in [0.05, 0.1) is 0 Å². The molecule has 38 heavy (non-hydrogen) atoms. The number of nitrogens with zero attached hydrogens (tertiary/aromatic N) is 2. The largest absolute Gasteiger partial charge is 0.427 e. The first-order chi connectivity index (χ1) is 18.7. The highest BCUT2D eigenvalue weighted by molar-refractivity contribution is 5.79. The van der Waals surface area contributed by atoms with Gasteiger partial charge in [-0.25, -0.2) is 4.98 Å². The molecule has 1 N–H and O–H groups in total. The van der Waals surface area contributed by atoms with E-state index in [1.54, 1.807) is 0 Å². The van der Waals surface area contributed by atoms with Crippen LogP contribution in [-0.4, -0.2) is 15.4 Å². The molecule has 0 saturated carbocycles. The number of aryl methyl sites for hydroxylation is 1. The van der Waals surface area contributed by atoms with Crippen LogP contribution in [0.25, 0.3) is 16.9 Å². The van der Waals surface area contributed by atoms with Crippen LogP contribution in [0.2, 0.25) is 0 Å². The molecule has 0 saturated heterocycles. The van der Waals surface area contributed by atoms with Gasteiger partial charge in [-0.2, -0.15) is 0 Å². The molecule has 0 radical (unpaired) electrons. The number of nitrogens with one attached hydrogen (secondary N) is 1. The third kappa shape index (κ3) is 7.70. The van der Waals surface area contributed by atoms with Gasteiger partial charge in [0.25, 0.3) is 0 Å². The van der Waals surface area contributed by atoms with E-state index in [1.807, 2.05) is 54.7 Å². The average molecular weight is 512 g/mol. The summed E-state index contributed by atoms with van der Waals surface area (Å²) in [6.45, 7) is 5.00. The van der Waals surface area contributed by atoms with Gasteiger partial charge in [0.2, 0.25) is 0 Å². The van der Waals surface area contributed by atoms with Crippen molar-refractivity contribution >= 4 is 17.4 Å². The van der Waals surface area contributed by atoms with Gasteiger partial charge in [0, 0.05) is 24.7 Å². The summed E-state index contributed by atoms with van der Waals surface area (Å²) in [5.41, 5.74) is 4.96. The predicted octanol–water partition coefficient (Wildman–Crippen LogP) is 8.75. The minimum absolute atomic E-state index is 0.168. The van der Waals surface area contributed by atoms with Gasteiger partial charge in [0.15, 0.2) is 0 Å². The van der Waals surface area contributed by atoms with Crippen molar-refractivity contribution in [3.8, 4) is 17.0 Å². The second kappa shape index (κ2) is 14.4. The van der Waals surface area contributed by atoms with Crippen LogP contribution in [0, 0.1) is 6.92 Å². The Hall–Kier alpha value is -3.60. The van der Waals surface area contributed by atoms with Crippen LogP contribution in [0.5, 0.6) is 5.75 Å². The minimum Gasteiger partial charge on any atom is -0.427 e. The first-order valence-corrected chi connectivity index (χ1v) is 14.2. The lowest BCUT2D eigenvalue weighted by atomic mass is 10.1. The topological polar surface area (TPSA) is 55.6 Å². The zero-order valence-electron chi connectivity index (χ0n) is 22.9. The van der Waals surface area contributed by atoms with E-state index >= 15 is 0 Å². The Bertz CT molecular complexity index is 1300. The van der Waals surface area contributed by atoms with Gasteiger partial charge in [-0.1, -0.05) is 107 Å². The number of carbonyl (C=O) groups excluding carboxylic acids is 1. The average Bonchev–Trinajstić information content (AvgIpc) is 3.31. The van der Waals surface area contributed by atoms with E-state index in [-0.39, 0.29) is 5.97 Å². The maximum absolute atomic E-state index is 12.5. The lowest BCUT2D eigenvalue weighted by Gasteiger charge is -2.10. The Morgan fingerprint density at radius 2 is 1.61 bits per heavy atom. The molecular weight excluding hydrogens is 470 g/mol. The third-order valence-corrected chi connectivity index (χ3v) is 6.97. The predicted molar refractivity (Wildman–Crippen MR) is 157 cm³/mol. The van der Waals surface area contributed by atoms with E-state index in [9.17, 15) is 4.79 Å². The lowest BCUT2D eigenvalue weighted by Crippen LogP contribution is -2.07. The van der Waals surface area contributed by atoms with Gasteiger partial charge in [-0.05, 0) is 42.7 Å². The summed E-state index contributed by atoms with van der Waals surface area (Å²) in [6, 6.07) is 22.1. The molecule has 0 fully saturated rings. The normalized spacial score (nSPS) is 11.1. The standard InChI is InChI=1S/C33H41N3O2/c1-3-4-5-6-7-8-9-10-14-22-30(37)38-29-21-15-20-28(24-29)31-33(34-25-27-18-12-11-13-19-27)36-23-16-17-26(2)32(36)35-31/h11-13,15-21,23-24,34H,3-10,14,22,25H2,1-2H3. The molecule has 4 aromatic rings. The molecule has 0 aliphatic rings. The molecule has 0 aliphatic carbocycles. The zero-order valence-corrected chi connectivity index (χ0v) is 22.9. The maximum atomic E-state index is 12.5. The highest BCUT2D eigenvalue weighted by Gasteiger charge is 2.16. The van der Waals surface area contributed by atoms with Crippen LogP contribution in [0.15, 0.2) is 72.9 Å². The van der Waals surface area contributed by atoms with E-state index in [1.165, 1.54) is 50.5 Å². The Labute approximate surface area is 227 Å². The summed E-state index contributed by atoms with van der Waals surface area (Å²) in [4.78, 5) is 17.5. The number of anilines is 1. The van der Waals surface area contributed by atoms with Gasteiger partial charge >= 0.3 is 5.97 Å². The first-order valence-electron chi connectivity index (χ1n) is 14.2. The summed E-state index contributed by atoms with van der Waals surface area (Å²) in [7, 11) is 0. The van der Waals surface area contributed by atoms with Crippen LogP contribution in [0.3, 0.4) is 0 Å². The fourth-order valence-electron chi connectivity index (χ4n) is 4.83. The molecular formula is C33H41N3O2. The Balaban J connectivity index is 1.38. The van der Waals surface area contributed by atoms with Gasteiger partial charge < -0.3 is 10.1 Å². The second-order valence-electron chi connectivity index (χ2n) is 10.1. The van der Waals surface area contributed by atoms with E-state index in [2.05, 4.69) is 41.8 Å². The number of ether oxygens (including phenoxy) is 1. The molecule has 5 heteroatoms. The first kappa shape index (κ1) is 27.4. The molecule has 200 valence electrons. The molecule has 4 rings (SSSR count). The van der Waals surface area contributed by atoms with Crippen LogP contribution in [0.1, 0.15) is 82.3 Å². The van der Waals surface area contributed by atoms with Gasteiger partial charge in [0.1, 0.15) is 22.9 Å². The summed E-state index contributed by atoms with van der Waals surface area (Å²) in [6.07, 6.45) is 13.5. The number of benzene rings is 2. The third-order valence-electron chi connectivity index (χ3n) is 6.97. The fraction of sp³-hybridized carbons (Fsp3) is 0.394. The minimum atomic E-state index is -0.168. The number of unbranched alkanes of at least 4 members (excludes halogenated alkanes) is 8. The van der Waals surface area contributed by atoms with Gasteiger partial charge in [-0.15, -0.1) is 0 Å². The number of pyridine rings is 1. The van der Waals surface area contributed by atoms with E-state index < -0.39 is 0 Å². The van der Waals surface area contributed by atoms with Crippen LogP contribution < -0.4 is 10.1 Å². The number of imidazole rings is 1. The molecule has 2 aromatic heterocycles. The SMILES string of the molecule is CCCCCCCCCCCC(=O)Oc1cccc(-c2nc3c(C)cccn3c2NCc2ccccc2)c1. The number of hydrogen-bond donors (Lipinski definition) is 1. The van der Waals surface area contributed by atoms with Crippen LogP contribution in [-0.2, 0) is 11.3 Å².